The molecule has 6 nitrogen and oxygen atoms in total. The number of amides is 1. The van der Waals surface area contributed by atoms with Gasteiger partial charge < -0.3 is 15.7 Å². The Balaban J connectivity index is 2.26. The molecule has 0 aliphatic heterocycles. The number of carbonyl (C=O) groups is 2. The zero-order chi connectivity index (χ0) is 13.4. The van der Waals surface area contributed by atoms with E-state index in [1.165, 1.54) is 6.20 Å². The number of rotatable bonds is 7. The first-order valence-corrected chi connectivity index (χ1v) is 6.04. The van der Waals surface area contributed by atoms with Crippen LogP contribution in [0.1, 0.15) is 10.5 Å². The maximum Gasteiger partial charge on any atom is 0.321 e. The maximum atomic E-state index is 11.6. The normalized spacial score (nSPS) is 11.8. The van der Waals surface area contributed by atoms with Gasteiger partial charge in [-0.05, 0) is 12.1 Å². The average molecular weight is 269 g/mol. The number of aromatic nitrogens is 1. The SMILES string of the molecule is O=C(NCCNC(CS)C(=O)O)c1ccccn1. The summed E-state index contributed by atoms with van der Waals surface area (Å²) in [7, 11) is 0. The third kappa shape index (κ3) is 4.72. The summed E-state index contributed by atoms with van der Waals surface area (Å²) in [6.07, 6.45) is 1.54. The third-order valence-electron chi connectivity index (χ3n) is 2.18. The van der Waals surface area contributed by atoms with Gasteiger partial charge in [-0.3, -0.25) is 14.6 Å². The molecule has 98 valence electrons. The van der Waals surface area contributed by atoms with Crippen LogP contribution in [0.15, 0.2) is 24.4 Å². The van der Waals surface area contributed by atoms with Crippen LogP contribution >= 0.6 is 12.6 Å². The van der Waals surface area contributed by atoms with Crippen molar-refractivity contribution in [1.29, 1.82) is 0 Å². The number of thiol groups is 1. The van der Waals surface area contributed by atoms with E-state index < -0.39 is 12.0 Å². The fraction of sp³-hybridized carbons (Fsp3) is 0.364. The second-order valence-electron chi connectivity index (χ2n) is 3.50. The van der Waals surface area contributed by atoms with Crippen LogP contribution in [0.4, 0.5) is 0 Å². The zero-order valence-electron chi connectivity index (χ0n) is 9.67. The first kappa shape index (κ1) is 14.5. The number of hydrogen-bond donors (Lipinski definition) is 4. The minimum absolute atomic E-state index is 0.198. The highest BCUT2D eigenvalue weighted by molar-refractivity contribution is 7.80. The molecule has 1 amide bonds. The number of pyridine rings is 1. The molecule has 0 aromatic carbocycles. The molecule has 1 unspecified atom stereocenters. The molecule has 0 spiro atoms. The Bertz CT molecular complexity index is 400. The fourth-order valence-electron chi connectivity index (χ4n) is 1.24. The predicted molar refractivity (Wildman–Crippen MR) is 69.8 cm³/mol. The molecule has 1 rings (SSSR count). The zero-order valence-corrected chi connectivity index (χ0v) is 10.6. The lowest BCUT2D eigenvalue weighted by Gasteiger charge is -2.11. The molecule has 0 saturated heterocycles. The molecule has 1 heterocycles. The largest absolute Gasteiger partial charge is 0.480 e. The Morgan fingerprint density at radius 2 is 2.17 bits per heavy atom. The fourth-order valence-corrected chi connectivity index (χ4v) is 1.53. The second kappa shape index (κ2) is 7.67. The Hall–Kier alpha value is -1.60. The maximum absolute atomic E-state index is 11.6. The number of carboxylic acids is 1. The van der Waals surface area contributed by atoms with Crippen LogP contribution in [0.25, 0.3) is 0 Å². The first-order chi connectivity index (χ1) is 8.65. The van der Waals surface area contributed by atoms with Gasteiger partial charge in [0.15, 0.2) is 0 Å². The molecule has 1 aromatic heterocycles. The molecule has 7 heteroatoms. The molecular weight excluding hydrogens is 254 g/mol. The highest BCUT2D eigenvalue weighted by Gasteiger charge is 2.13. The summed E-state index contributed by atoms with van der Waals surface area (Å²) < 4.78 is 0. The summed E-state index contributed by atoms with van der Waals surface area (Å²) in [6.45, 7) is 0.684. The van der Waals surface area contributed by atoms with Gasteiger partial charge in [-0.1, -0.05) is 6.07 Å². The van der Waals surface area contributed by atoms with Gasteiger partial charge in [0.2, 0.25) is 0 Å². The van der Waals surface area contributed by atoms with Gasteiger partial charge in [-0.25, -0.2) is 0 Å². The van der Waals surface area contributed by atoms with Gasteiger partial charge >= 0.3 is 5.97 Å². The molecule has 18 heavy (non-hydrogen) atoms. The summed E-state index contributed by atoms with van der Waals surface area (Å²) in [6, 6.07) is 4.35. The number of aliphatic carboxylic acids is 1. The van der Waals surface area contributed by atoms with Crippen molar-refractivity contribution in [3.8, 4) is 0 Å². The van der Waals surface area contributed by atoms with Crippen molar-refractivity contribution in [2.75, 3.05) is 18.8 Å². The van der Waals surface area contributed by atoms with Gasteiger partial charge in [0.1, 0.15) is 11.7 Å². The average Bonchev–Trinajstić information content (AvgIpc) is 2.39. The summed E-state index contributed by atoms with van der Waals surface area (Å²) in [5.41, 5.74) is 0.335. The third-order valence-corrected chi connectivity index (χ3v) is 2.54. The van der Waals surface area contributed by atoms with E-state index >= 15 is 0 Å². The Labute approximate surface area is 110 Å². The van der Waals surface area contributed by atoms with E-state index in [0.29, 0.717) is 18.8 Å². The highest BCUT2D eigenvalue weighted by Crippen LogP contribution is 1.92. The van der Waals surface area contributed by atoms with Crippen LogP contribution in [0, 0.1) is 0 Å². The predicted octanol–water partition coefficient (Wildman–Crippen LogP) is -0.216. The van der Waals surface area contributed by atoms with Crippen molar-refractivity contribution in [3.63, 3.8) is 0 Å². The minimum Gasteiger partial charge on any atom is -0.480 e. The van der Waals surface area contributed by atoms with E-state index in [0.717, 1.165) is 0 Å². The van der Waals surface area contributed by atoms with Crippen LogP contribution in [-0.4, -0.2) is 46.9 Å². The van der Waals surface area contributed by atoms with Crippen molar-refractivity contribution >= 4 is 24.5 Å². The molecular formula is C11H15N3O3S. The van der Waals surface area contributed by atoms with Crippen LogP contribution in [-0.2, 0) is 4.79 Å². The monoisotopic (exact) mass is 269 g/mol. The summed E-state index contributed by atoms with van der Waals surface area (Å²) >= 11 is 3.91. The van der Waals surface area contributed by atoms with E-state index in [1.807, 2.05) is 0 Å². The first-order valence-electron chi connectivity index (χ1n) is 5.41. The molecule has 1 aromatic rings. The van der Waals surface area contributed by atoms with Crippen molar-refractivity contribution in [2.24, 2.45) is 0 Å². The molecule has 0 aliphatic carbocycles. The van der Waals surface area contributed by atoms with Crippen molar-refractivity contribution in [2.45, 2.75) is 6.04 Å². The Kier molecular flexibility index (Phi) is 6.16. The van der Waals surface area contributed by atoms with E-state index in [1.54, 1.807) is 18.2 Å². The van der Waals surface area contributed by atoms with Gasteiger partial charge in [0, 0.05) is 25.0 Å². The molecule has 0 saturated carbocycles. The summed E-state index contributed by atoms with van der Waals surface area (Å²) in [5.74, 6) is -1.04. The smallest absolute Gasteiger partial charge is 0.321 e. The van der Waals surface area contributed by atoms with E-state index in [2.05, 4.69) is 28.2 Å². The number of hydrogen-bond acceptors (Lipinski definition) is 5. The molecule has 0 fully saturated rings. The van der Waals surface area contributed by atoms with Crippen LogP contribution < -0.4 is 10.6 Å². The van der Waals surface area contributed by atoms with E-state index in [-0.39, 0.29) is 11.7 Å². The lowest BCUT2D eigenvalue weighted by molar-refractivity contribution is -0.138. The van der Waals surface area contributed by atoms with Crippen molar-refractivity contribution in [1.82, 2.24) is 15.6 Å². The van der Waals surface area contributed by atoms with Gasteiger partial charge in [-0.2, -0.15) is 12.6 Å². The van der Waals surface area contributed by atoms with Crippen LogP contribution in [0.5, 0.6) is 0 Å². The van der Waals surface area contributed by atoms with Crippen molar-refractivity contribution in [3.05, 3.63) is 30.1 Å². The molecule has 0 radical (unpaired) electrons. The molecule has 1 atom stereocenters. The number of nitrogens with zero attached hydrogens (tertiary/aromatic N) is 1. The van der Waals surface area contributed by atoms with Gasteiger partial charge in [0.05, 0.1) is 0 Å². The molecule has 3 N–H and O–H groups in total. The standard InChI is InChI=1S/C11H15N3O3S/c15-10(8-3-1-2-4-12-8)14-6-5-13-9(7-18)11(16)17/h1-4,9,13,18H,5-7H2,(H,14,15)(H,16,17). The number of carbonyl (C=O) groups excluding carboxylic acids is 1. The summed E-state index contributed by atoms with van der Waals surface area (Å²) in [5, 5.41) is 14.2. The lowest BCUT2D eigenvalue weighted by Crippen LogP contribution is -2.42. The van der Waals surface area contributed by atoms with Crippen LogP contribution in [0.2, 0.25) is 0 Å². The number of carboxylic acid groups (broad SMARTS) is 1. The number of nitrogens with one attached hydrogen (secondary N) is 2. The second-order valence-corrected chi connectivity index (χ2v) is 3.86. The lowest BCUT2D eigenvalue weighted by atomic mass is 10.3. The molecule has 0 aliphatic rings. The van der Waals surface area contributed by atoms with E-state index in [4.69, 9.17) is 5.11 Å². The minimum atomic E-state index is -0.957. The quantitative estimate of drug-likeness (QED) is 0.406. The van der Waals surface area contributed by atoms with Crippen molar-refractivity contribution < 1.29 is 14.7 Å². The highest BCUT2D eigenvalue weighted by atomic mass is 32.1. The topological polar surface area (TPSA) is 91.3 Å². The Morgan fingerprint density at radius 3 is 2.72 bits per heavy atom. The van der Waals surface area contributed by atoms with Gasteiger partial charge in [0.25, 0.3) is 5.91 Å². The van der Waals surface area contributed by atoms with E-state index in [9.17, 15) is 9.59 Å². The summed E-state index contributed by atoms with van der Waals surface area (Å²) in [4.78, 5) is 26.1. The van der Waals surface area contributed by atoms with Crippen LogP contribution in [0.3, 0.4) is 0 Å². The molecule has 0 bridgehead atoms. The Morgan fingerprint density at radius 1 is 1.39 bits per heavy atom. The van der Waals surface area contributed by atoms with Gasteiger partial charge in [-0.15, -0.1) is 0 Å².